The van der Waals surface area contributed by atoms with Crippen LogP contribution in [0.15, 0.2) is 42.9 Å². The van der Waals surface area contributed by atoms with Crippen molar-refractivity contribution in [3.8, 4) is 22.6 Å². The standard InChI is InChI=1S/C20H23FN6/c1-3-26-10-12-27(13-11-26)20-23-14-16(15-6-4-5-7-17(15)21)18(24-20)19-22-8-9-25(19)2/h4-9,14H,3,10-13H2,1-2H3. The van der Waals surface area contributed by atoms with E-state index in [4.69, 9.17) is 4.98 Å². The van der Waals surface area contributed by atoms with Crippen molar-refractivity contribution in [1.29, 1.82) is 0 Å². The van der Waals surface area contributed by atoms with Gasteiger partial charge in [-0.15, -0.1) is 0 Å². The Kier molecular flexibility index (Phi) is 4.85. The van der Waals surface area contributed by atoms with E-state index in [1.54, 1.807) is 24.5 Å². The lowest BCUT2D eigenvalue weighted by molar-refractivity contribution is 0.270. The van der Waals surface area contributed by atoms with Crippen molar-refractivity contribution in [2.75, 3.05) is 37.6 Å². The number of nitrogens with zero attached hydrogens (tertiary/aromatic N) is 6. The van der Waals surface area contributed by atoms with Crippen LogP contribution in [-0.2, 0) is 7.05 Å². The molecule has 1 saturated heterocycles. The summed E-state index contributed by atoms with van der Waals surface area (Å²) in [6.45, 7) is 6.98. The number of likely N-dealkylation sites (N-methyl/N-ethyl adjacent to an activating group) is 1. The number of halogens is 1. The van der Waals surface area contributed by atoms with E-state index >= 15 is 0 Å². The molecule has 0 atom stereocenters. The van der Waals surface area contributed by atoms with E-state index in [9.17, 15) is 4.39 Å². The van der Waals surface area contributed by atoms with E-state index in [1.807, 2.05) is 23.9 Å². The average Bonchev–Trinajstić information content (AvgIpc) is 3.14. The summed E-state index contributed by atoms with van der Waals surface area (Å²) < 4.78 is 16.3. The Bertz CT molecular complexity index is 930. The summed E-state index contributed by atoms with van der Waals surface area (Å²) in [6, 6.07) is 6.70. The third kappa shape index (κ3) is 3.42. The lowest BCUT2D eigenvalue weighted by Gasteiger charge is -2.34. The number of aryl methyl sites for hydroxylation is 1. The molecule has 0 bridgehead atoms. The molecular weight excluding hydrogens is 343 g/mol. The summed E-state index contributed by atoms with van der Waals surface area (Å²) in [5.74, 6) is 1.08. The summed E-state index contributed by atoms with van der Waals surface area (Å²) >= 11 is 0. The van der Waals surface area contributed by atoms with Gasteiger partial charge in [0, 0.05) is 62.9 Å². The zero-order chi connectivity index (χ0) is 18.8. The monoisotopic (exact) mass is 366 g/mol. The van der Waals surface area contributed by atoms with Crippen molar-refractivity contribution < 1.29 is 4.39 Å². The molecule has 0 radical (unpaired) electrons. The van der Waals surface area contributed by atoms with E-state index in [0.717, 1.165) is 32.7 Å². The molecule has 7 heteroatoms. The third-order valence-corrected chi connectivity index (χ3v) is 5.08. The average molecular weight is 366 g/mol. The van der Waals surface area contributed by atoms with Crippen molar-refractivity contribution in [2.45, 2.75) is 6.92 Å². The van der Waals surface area contributed by atoms with Gasteiger partial charge >= 0.3 is 0 Å². The maximum Gasteiger partial charge on any atom is 0.226 e. The van der Waals surface area contributed by atoms with Gasteiger partial charge in [0.2, 0.25) is 5.95 Å². The predicted molar refractivity (Wildman–Crippen MR) is 104 cm³/mol. The molecule has 6 nitrogen and oxygen atoms in total. The number of benzene rings is 1. The summed E-state index contributed by atoms with van der Waals surface area (Å²) in [4.78, 5) is 18.4. The summed E-state index contributed by atoms with van der Waals surface area (Å²) in [5.41, 5.74) is 1.78. The van der Waals surface area contributed by atoms with Crippen molar-refractivity contribution in [2.24, 2.45) is 7.05 Å². The number of hydrogen-bond donors (Lipinski definition) is 0. The lowest BCUT2D eigenvalue weighted by Crippen LogP contribution is -2.46. The Hall–Kier alpha value is -2.80. The normalized spacial score (nSPS) is 15.3. The van der Waals surface area contributed by atoms with Gasteiger partial charge in [0.25, 0.3) is 0 Å². The van der Waals surface area contributed by atoms with Crippen LogP contribution in [-0.4, -0.2) is 57.1 Å². The van der Waals surface area contributed by atoms with Gasteiger partial charge in [0.05, 0.1) is 0 Å². The fourth-order valence-corrected chi connectivity index (χ4v) is 3.43. The van der Waals surface area contributed by atoms with Crippen LogP contribution in [0.25, 0.3) is 22.6 Å². The third-order valence-electron chi connectivity index (χ3n) is 5.08. The Morgan fingerprint density at radius 3 is 2.48 bits per heavy atom. The first kappa shape index (κ1) is 17.6. The van der Waals surface area contributed by atoms with Crippen LogP contribution in [0.3, 0.4) is 0 Å². The van der Waals surface area contributed by atoms with Gasteiger partial charge < -0.3 is 14.4 Å². The molecule has 1 aliphatic rings. The van der Waals surface area contributed by atoms with E-state index in [1.165, 1.54) is 6.07 Å². The van der Waals surface area contributed by atoms with Crippen LogP contribution < -0.4 is 4.90 Å². The van der Waals surface area contributed by atoms with Gasteiger partial charge in [-0.3, -0.25) is 0 Å². The van der Waals surface area contributed by atoms with Crippen LogP contribution >= 0.6 is 0 Å². The van der Waals surface area contributed by atoms with E-state index in [-0.39, 0.29) is 5.82 Å². The fraction of sp³-hybridized carbons (Fsp3) is 0.350. The Labute approximate surface area is 158 Å². The molecule has 3 aromatic rings. The fourth-order valence-electron chi connectivity index (χ4n) is 3.43. The maximum absolute atomic E-state index is 14.4. The van der Waals surface area contributed by atoms with Gasteiger partial charge in [-0.05, 0) is 12.6 Å². The highest BCUT2D eigenvalue weighted by Gasteiger charge is 2.22. The molecule has 1 fully saturated rings. The first-order valence-corrected chi connectivity index (χ1v) is 9.24. The molecule has 1 aliphatic heterocycles. The van der Waals surface area contributed by atoms with Crippen LogP contribution in [0, 0.1) is 5.82 Å². The second kappa shape index (κ2) is 7.44. The molecule has 1 aromatic carbocycles. The lowest BCUT2D eigenvalue weighted by atomic mass is 10.0. The van der Waals surface area contributed by atoms with Gasteiger partial charge in [0.1, 0.15) is 11.5 Å². The van der Waals surface area contributed by atoms with Gasteiger partial charge in [-0.1, -0.05) is 25.1 Å². The molecule has 0 saturated carbocycles. The molecule has 140 valence electrons. The molecule has 3 heterocycles. The van der Waals surface area contributed by atoms with E-state index in [0.29, 0.717) is 28.6 Å². The summed E-state index contributed by atoms with van der Waals surface area (Å²) in [7, 11) is 1.91. The minimum Gasteiger partial charge on any atom is -0.338 e. The number of aromatic nitrogens is 4. The number of rotatable bonds is 4. The zero-order valence-corrected chi connectivity index (χ0v) is 15.6. The molecule has 0 spiro atoms. The molecule has 0 amide bonds. The Morgan fingerprint density at radius 1 is 1.04 bits per heavy atom. The smallest absolute Gasteiger partial charge is 0.226 e. The van der Waals surface area contributed by atoms with Gasteiger partial charge in [0.15, 0.2) is 5.82 Å². The Morgan fingerprint density at radius 2 is 1.81 bits per heavy atom. The topological polar surface area (TPSA) is 50.1 Å². The van der Waals surface area contributed by atoms with Crippen molar-refractivity contribution in [1.82, 2.24) is 24.4 Å². The number of piperazine rings is 1. The second-order valence-corrected chi connectivity index (χ2v) is 6.70. The first-order chi connectivity index (χ1) is 13.2. The molecular formula is C20H23FN6. The highest BCUT2D eigenvalue weighted by molar-refractivity contribution is 5.78. The maximum atomic E-state index is 14.4. The summed E-state index contributed by atoms with van der Waals surface area (Å²) in [5, 5.41) is 0. The highest BCUT2D eigenvalue weighted by atomic mass is 19.1. The van der Waals surface area contributed by atoms with Crippen LogP contribution in [0.2, 0.25) is 0 Å². The molecule has 0 aliphatic carbocycles. The second-order valence-electron chi connectivity index (χ2n) is 6.70. The molecule has 4 rings (SSSR count). The Balaban J connectivity index is 1.77. The predicted octanol–water partition coefficient (Wildman–Crippen LogP) is 2.83. The van der Waals surface area contributed by atoms with E-state index < -0.39 is 0 Å². The van der Waals surface area contributed by atoms with E-state index in [2.05, 4.69) is 26.7 Å². The quantitative estimate of drug-likeness (QED) is 0.711. The summed E-state index contributed by atoms with van der Waals surface area (Å²) in [6.07, 6.45) is 5.31. The van der Waals surface area contributed by atoms with Crippen molar-refractivity contribution in [3.05, 3.63) is 48.7 Å². The zero-order valence-electron chi connectivity index (χ0n) is 15.6. The van der Waals surface area contributed by atoms with Crippen LogP contribution in [0.4, 0.5) is 10.3 Å². The van der Waals surface area contributed by atoms with Gasteiger partial charge in [-0.25, -0.2) is 19.3 Å². The first-order valence-electron chi connectivity index (χ1n) is 9.24. The molecule has 0 N–H and O–H groups in total. The number of anilines is 1. The number of imidazole rings is 1. The molecule has 27 heavy (non-hydrogen) atoms. The largest absolute Gasteiger partial charge is 0.338 e. The minimum absolute atomic E-state index is 0.291. The highest BCUT2D eigenvalue weighted by Crippen LogP contribution is 2.32. The number of hydrogen-bond acceptors (Lipinski definition) is 5. The SMILES string of the molecule is CCN1CCN(c2ncc(-c3ccccc3F)c(-c3nccn3C)n2)CC1. The van der Waals surface area contributed by atoms with Gasteiger partial charge in [-0.2, -0.15) is 0 Å². The molecule has 0 unspecified atom stereocenters. The minimum atomic E-state index is -0.291. The van der Waals surface area contributed by atoms with Crippen molar-refractivity contribution >= 4 is 5.95 Å². The van der Waals surface area contributed by atoms with Crippen molar-refractivity contribution in [3.63, 3.8) is 0 Å². The van der Waals surface area contributed by atoms with Crippen LogP contribution in [0.1, 0.15) is 6.92 Å². The van der Waals surface area contributed by atoms with Crippen LogP contribution in [0.5, 0.6) is 0 Å². The molecule has 2 aromatic heterocycles.